The molecule has 0 radical (unpaired) electrons. The molecule has 1 aliphatic heterocycles. The second-order valence-electron chi connectivity index (χ2n) is 4.75. The molecule has 1 amide bonds. The second kappa shape index (κ2) is 7.92. The Morgan fingerprint density at radius 1 is 1.52 bits per heavy atom. The first-order chi connectivity index (χ1) is 10.1. The van der Waals surface area contributed by atoms with E-state index < -0.39 is 6.10 Å². The number of rotatable bonds is 6. The summed E-state index contributed by atoms with van der Waals surface area (Å²) in [4.78, 5) is 11.8. The average Bonchev–Trinajstić information content (AvgIpc) is 2.53. The number of benzene rings is 1. The molecule has 0 spiro atoms. The zero-order valence-corrected chi connectivity index (χ0v) is 11.5. The van der Waals surface area contributed by atoms with E-state index in [-0.39, 0.29) is 30.9 Å². The number of halogens is 1. The molecule has 6 nitrogen and oxygen atoms in total. The Kier molecular flexibility index (Phi) is 5.91. The van der Waals surface area contributed by atoms with Crippen LogP contribution in [0.2, 0.25) is 0 Å². The normalized spacial score (nSPS) is 19.8. The molecule has 2 atom stereocenters. The molecule has 1 saturated heterocycles. The number of carbonyl (C=O) groups excluding carboxylic acids is 1. The van der Waals surface area contributed by atoms with Crippen LogP contribution < -0.4 is 15.4 Å². The van der Waals surface area contributed by atoms with Gasteiger partial charge in [-0.25, -0.2) is 4.39 Å². The van der Waals surface area contributed by atoms with Crippen LogP contribution in [-0.4, -0.2) is 56.1 Å². The molecule has 3 N–H and O–H groups in total. The summed E-state index contributed by atoms with van der Waals surface area (Å²) in [7, 11) is 0. The lowest BCUT2D eigenvalue weighted by atomic mass is 10.2. The summed E-state index contributed by atoms with van der Waals surface area (Å²) in [6, 6.07) is 5.12. The summed E-state index contributed by atoms with van der Waals surface area (Å²) in [5.41, 5.74) is 0. The van der Waals surface area contributed by atoms with Gasteiger partial charge < -0.3 is 25.2 Å². The smallest absolute Gasteiger partial charge is 0.239 e. The summed E-state index contributed by atoms with van der Waals surface area (Å²) >= 11 is 0. The molecule has 0 saturated carbocycles. The fourth-order valence-corrected chi connectivity index (χ4v) is 1.86. The van der Waals surface area contributed by atoms with Crippen molar-refractivity contribution in [1.82, 2.24) is 10.6 Å². The van der Waals surface area contributed by atoms with E-state index in [9.17, 15) is 14.3 Å². The van der Waals surface area contributed by atoms with Gasteiger partial charge in [-0.2, -0.15) is 0 Å². The summed E-state index contributed by atoms with van der Waals surface area (Å²) in [5.74, 6) is -0.1000. The monoisotopic (exact) mass is 298 g/mol. The van der Waals surface area contributed by atoms with Crippen LogP contribution in [0.15, 0.2) is 24.3 Å². The van der Waals surface area contributed by atoms with Crippen LogP contribution in [0, 0.1) is 5.82 Å². The van der Waals surface area contributed by atoms with Crippen LogP contribution in [0.5, 0.6) is 5.75 Å². The third-order valence-corrected chi connectivity index (χ3v) is 3.01. The second-order valence-corrected chi connectivity index (χ2v) is 4.75. The average molecular weight is 298 g/mol. The maximum Gasteiger partial charge on any atom is 0.239 e. The zero-order chi connectivity index (χ0) is 15.1. The number of amides is 1. The molecule has 1 aliphatic rings. The number of carbonyl (C=O) groups is 1. The van der Waals surface area contributed by atoms with Crippen LogP contribution >= 0.6 is 0 Å². The lowest BCUT2D eigenvalue weighted by Crippen LogP contribution is -2.52. The summed E-state index contributed by atoms with van der Waals surface area (Å²) in [6.07, 6.45) is -0.844. The Morgan fingerprint density at radius 3 is 2.95 bits per heavy atom. The standard InChI is InChI=1S/C14H19FN2O4/c15-10-1-3-12(4-2-10)21-8-11(18)7-17-14(19)13-9-20-6-5-16-13/h1-4,11,13,16,18H,5-9H2,(H,17,19)/t11-,13-/m0/s1. The van der Waals surface area contributed by atoms with Gasteiger partial charge in [-0.1, -0.05) is 0 Å². The lowest BCUT2D eigenvalue weighted by Gasteiger charge is -2.23. The molecule has 0 unspecified atom stereocenters. The third kappa shape index (κ3) is 5.30. The Hall–Kier alpha value is -1.70. The molecule has 0 bridgehead atoms. The maximum absolute atomic E-state index is 12.7. The highest BCUT2D eigenvalue weighted by atomic mass is 19.1. The van der Waals surface area contributed by atoms with Crippen molar-refractivity contribution in [3.05, 3.63) is 30.1 Å². The molecule has 7 heteroatoms. The fraction of sp³-hybridized carbons (Fsp3) is 0.500. The third-order valence-electron chi connectivity index (χ3n) is 3.01. The van der Waals surface area contributed by atoms with Crippen molar-refractivity contribution in [3.63, 3.8) is 0 Å². The Balaban J connectivity index is 1.65. The topological polar surface area (TPSA) is 79.8 Å². The van der Waals surface area contributed by atoms with E-state index in [2.05, 4.69) is 10.6 Å². The first-order valence-corrected chi connectivity index (χ1v) is 6.80. The number of hydrogen-bond donors (Lipinski definition) is 3. The fourth-order valence-electron chi connectivity index (χ4n) is 1.86. The van der Waals surface area contributed by atoms with E-state index in [1.54, 1.807) is 0 Å². The van der Waals surface area contributed by atoms with Gasteiger partial charge in [0.1, 0.15) is 30.3 Å². The molecule has 2 rings (SSSR count). The minimum Gasteiger partial charge on any atom is -0.491 e. The van der Waals surface area contributed by atoms with E-state index in [0.717, 1.165) is 0 Å². The van der Waals surface area contributed by atoms with E-state index in [1.165, 1.54) is 24.3 Å². The Morgan fingerprint density at radius 2 is 2.29 bits per heavy atom. The number of ether oxygens (including phenoxy) is 2. The molecule has 1 heterocycles. The Labute approximate surface area is 122 Å². The van der Waals surface area contributed by atoms with Crippen LogP contribution in [0.25, 0.3) is 0 Å². The molecule has 0 aliphatic carbocycles. The highest BCUT2D eigenvalue weighted by molar-refractivity contribution is 5.82. The van der Waals surface area contributed by atoms with Gasteiger partial charge in [-0.15, -0.1) is 0 Å². The van der Waals surface area contributed by atoms with E-state index in [4.69, 9.17) is 9.47 Å². The number of aliphatic hydroxyl groups excluding tert-OH is 1. The SMILES string of the molecule is O=C(NC[C@H](O)COc1ccc(F)cc1)[C@@H]1COCCN1. The van der Waals surface area contributed by atoms with Gasteiger partial charge in [0.25, 0.3) is 0 Å². The largest absolute Gasteiger partial charge is 0.491 e. The van der Waals surface area contributed by atoms with Gasteiger partial charge in [-0.05, 0) is 24.3 Å². The van der Waals surface area contributed by atoms with Gasteiger partial charge in [0.15, 0.2) is 0 Å². The van der Waals surface area contributed by atoms with Crippen LogP contribution in [0.3, 0.4) is 0 Å². The first kappa shape index (κ1) is 15.7. The number of hydrogen-bond acceptors (Lipinski definition) is 5. The van der Waals surface area contributed by atoms with Crippen molar-refractivity contribution in [2.45, 2.75) is 12.1 Å². The molecule has 116 valence electrons. The molecule has 0 aromatic heterocycles. The lowest BCUT2D eigenvalue weighted by molar-refractivity contribution is -0.126. The molecular formula is C14H19FN2O4. The molecule has 21 heavy (non-hydrogen) atoms. The maximum atomic E-state index is 12.7. The van der Waals surface area contributed by atoms with Crippen molar-refractivity contribution in [2.75, 3.05) is 32.9 Å². The quantitative estimate of drug-likeness (QED) is 0.670. The predicted molar refractivity (Wildman–Crippen MR) is 73.5 cm³/mol. The van der Waals surface area contributed by atoms with Crippen molar-refractivity contribution in [2.24, 2.45) is 0 Å². The van der Waals surface area contributed by atoms with Crippen molar-refractivity contribution in [3.8, 4) is 5.75 Å². The van der Waals surface area contributed by atoms with Gasteiger partial charge >= 0.3 is 0 Å². The van der Waals surface area contributed by atoms with E-state index >= 15 is 0 Å². The Bertz CT molecular complexity index is 449. The molecule has 1 fully saturated rings. The number of nitrogens with one attached hydrogen (secondary N) is 2. The van der Waals surface area contributed by atoms with Gasteiger partial charge in [0, 0.05) is 13.1 Å². The van der Waals surface area contributed by atoms with Crippen LogP contribution in [-0.2, 0) is 9.53 Å². The molecular weight excluding hydrogens is 279 g/mol. The summed E-state index contributed by atoms with van der Waals surface area (Å²) in [5, 5.41) is 15.4. The van der Waals surface area contributed by atoms with Gasteiger partial charge in [0.2, 0.25) is 5.91 Å². The molecule has 1 aromatic carbocycles. The van der Waals surface area contributed by atoms with E-state index in [0.29, 0.717) is 25.5 Å². The van der Waals surface area contributed by atoms with Crippen molar-refractivity contribution < 1.29 is 23.8 Å². The van der Waals surface area contributed by atoms with E-state index in [1.807, 2.05) is 0 Å². The zero-order valence-electron chi connectivity index (χ0n) is 11.5. The highest BCUT2D eigenvalue weighted by Gasteiger charge is 2.21. The van der Waals surface area contributed by atoms with Crippen LogP contribution in [0.1, 0.15) is 0 Å². The molecule has 1 aromatic rings. The predicted octanol–water partition coefficient (Wildman–Crippen LogP) is -0.330. The van der Waals surface area contributed by atoms with Gasteiger partial charge in [0.05, 0.1) is 13.2 Å². The summed E-state index contributed by atoms with van der Waals surface area (Å²) < 4.78 is 23.2. The summed E-state index contributed by atoms with van der Waals surface area (Å²) in [6.45, 7) is 1.65. The first-order valence-electron chi connectivity index (χ1n) is 6.80. The highest BCUT2D eigenvalue weighted by Crippen LogP contribution is 2.11. The van der Waals surface area contributed by atoms with Crippen molar-refractivity contribution in [1.29, 1.82) is 0 Å². The number of aliphatic hydroxyl groups is 1. The van der Waals surface area contributed by atoms with Gasteiger partial charge in [-0.3, -0.25) is 4.79 Å². The van der Waals surface area contributed by atoms with Crippen LogP contribution in [0.4, 0.5) is 4.39 Å². The van der Waals surface area contributed by atoms with Crippen molar-refractivity contribution >= 4 is 5.91 Å². The minimum atomic E-state index is -0.844. The number of morpholine rings is 1. The minimum absolute atomic E-state index is 0.0144.